The van der Waals surface area contributed by atoms with Gasteiger partial charge < -0.3 is 10.5 Å². The predicted octanol–water partition coefficient (Wildman–Crippen LogP) is 3.45. The molecule has 0 aliphatic carbocycles. The van der Waals surface area contributed by atoms with Crippen molar-refractivity contribution in [1.82, 2.24) is 0 Å². The Kier molecular flexibility index (Phi) is 4.16. The second-order valence-corrected chi connectivity index (χ2v) is 4.79. The largest absolute Gasteiger partial charge is 0.489 e. The van der Waals surface area contributed by atoms with Crippen molar-refractivity contribution < 1.29 is 9.13 Å². The molecule has 5 heteroatoms. The van der Waals surface area contributed by atoms with E-state index in [0.717, 1.165) is 5.56 Å². The lowest BCUT2D eigenvalue weighted by Crippen LogP contribution is -2.14. The fourth-order valence-electron chi connectivity index (χ4n) is 1.64. The van der Waals surface area contributed by atoms with Gasteiger partial charge in [0.2, 0.25) is 0 Å². The Labute approximate surface area is 118 Å². The fraction of sp³-hybridized carbons (Fsp3) is 0.0714. The van der Waals surface area contributed by atoms with Gasteiger partial charge in [-0.3, -0.25) is 5.41 Å². The maximum Gasteiger partial charge on any atom is 0.137 e. The number of nitrogens with two attached hydrogens (primary N) is 1. The van der Waals surface area contributed by atoms with Crippen LogP contribution in [0.5, 0.6) is 5.75 Å². The van der Waals surface area contributed by atoms with Crippen molar-refractivity contribution >= 4 is 21.8 Å². The molecule has 0 fully saturated rings. The maximum absolute atomic E-state index is 13.1. The Balaban J connectivity index is 2.14. The quantitative estimate of drug-likeness (QED) is 0.669. The zero-order valence-corrected chi connectivity index (χ0v) is 11.6. The maximum atomic E-state index is 13.1. The van der Waals surface area contributed by atoms with E-state index in [4.69, 9.17) is 15.9 Å². The monoisotopic (exact) mass is 322 g/mol. The van der Waals surface area contributed by atoms with Crippen molar-refractivity contribution in [3.63, 3.8) is 0 Å². The summed E-state index contributed by atoms with van der Waals surface area (Å²) in [6, 6.07) is 11.7. The van der Waals surface area contributed by atoms with E-state index in [1.807, 2.05) is 18.2 Å². The number of halogens is 2. The average Bonchev–Trinajstić information content (AvgIpc) is 2.40. The molecule has 0 heterocycles. The molecular weight excluding hydrogens is 311 g/mol. The van der Waals surface area contributed by atoms with Crippen LogP contribution in [0.2, 0.25) is 0 Å². The van der Waals surface area contributed by atoms with Crippen LogP contribution in [0.4, 0.5) is 4.39 Å². The van der Waals surface area contributed by atoms with Gasteiger partial charge in [-0.05, 0) is 34.1 Å². The van der Waals surface area contributed by atoms with E-state index in [1.54, 1.807) is 18.2 Å². The summed E-state index contributed by atoms with van der Waals surface area (Å²) in [5.74, 6) is 0.211. The lowest BCUT2D eigenvalue weighted by molar-refractivity contribution is 0.305. The van der Waals surface area contributed by atoms with E-state index < -0.39 is 0 Å². The molecular formula is C14H12BrFN2O. The first-order valence-electron chi connectivity index (χ1n) is 5.58. The standard InChI is InChI=1S/C14H12BrFN2O/c15-12-7-10(5-6-13(12)16)19-8-9-3-1-2-4-11(9)14(17)18/h1-7H,8H2,(H3,17,18). The first-order chi connectivity index (χ1) is 9.08. The number of nitrogens with one attached hydrogen (secondary N) is 1. The smallest absolute Gasteiger partial charge is 0.137 e. The van der Waals surface area contributed by atoms with Crippen LogP contribution in [0, 0.1) is 11.2 Å². The van der Waals surface area contributed by atoms with Crippen molar-refractivity contribution in [2.75, 3.05) is 0 Å². The first-order valence-corrected chi connectivity index (χ1v) is 6.37. The Bertz CT molecular complexity index is 616. The summed E-state index contributed by atoms with van der Waals surface area (Å²) in [7, 11) is 0. The van der Waals surface area contributed by atoms with Gasteiger partial charge in [-0.25, -0.2) is 4.39 Å². The molecule has 0 bridgehead atoms. The molecule has 0 unspecified atom stereocenters. The minimum atomic E-state index is -0.337. The Morgan fingerprint density at radius 1 is 1.26 bits per heavy atom. The topological polar surface area (TPSA) is 59.1 Å². The fourth-order valence-corrected chi connectivity index (χ4v) is 1.99. The van der Waals surface area contributed by atoms with Gasteiger partial charge in [-0.1, -0.05) is 24.3 Å². The molecule has 0 aromatic heterocycles. The van der Waals surface area contributed by atoms with Gasteiger partial charge in [0.15, 0.2) is 0 Å². The second kappa shape index (κ2) is 5.84. The third kappa shape index (κ3) is 3.32. The van der Waals surface area contributed by atoms with Gasteiger partial charge in [-0.15, -0.1) is 0 Å². The molecule has 98 valence electrons. The van der Waals surface area contributed by atoms with Crippen LogP contribution in [0.15, 0.2) is 46.9 Å². The molecule has 0 atom stereocenters. The summed E-state index contributed by atoms with van der Waals surface area (Å²) in [5.41, 5.74) is 6.96. The number of rotatable bonds is 4. The predicted molar refractivity (Wildman–Crippen MR) is 75.9 cm³/mol. The molecule has 0 aliphatic heterocycles. The van der Waals surface area contributed by atoms with Gasteiger partial charge in [-0.2, -0.15) is 0 Å². The molecule has 3 nitrogen and oxygen atoms in total. The third-order valence-electron chi connectivity index (χ3n) is 2.59. The number of hydrogen-bond donors (Lipinski definition) is 2. The molecule has 2 aromatic carbocycles. The lowest BCUT2D eigenvalue weighted by atomic mass is 10.1. The van der Waals surface area contributed by atoms with Crippen molar-refractivity contribution in [1.29, 1.82) is 5.41 Å². The summed E-state index contributed by atoms with van der Waals surface area (Å²) in [5, 5.41) is 7.49. The molecule has 0 spiro atoms. The second-order valence-electron chi connectivity index (χ2n) is 3.94. The van der Waals surface area contributed by atoms with Crippen LogP contribution in [0.25, 0.3) is 0 Å². The third-order valence-corrected chi connectivity index (χ3v) is 3.20. The summed E-state index contributed by atoms with van der Waals surface area (Å²) < 4.78 is 19.0. The molecule has 0 saturated heterocycles. The van der Waals surface area contributed by atoms with Crippen LogP contribution in [-0.2, 0) is 6.61 Å². The van der Waals surface area contributed by atoms with Gasteiger partial charge in [0.25, 0.3) is 0 Å². The number of amidine groups is 1. The zero-order chi connectivity index (χ0) is 13.8. The van der Waals surface area contributed by atoms with Crippen LogP contribution < -0.4 is 10.5 Å². The minimum absolute atomic E-state index is 0.000475. The van der Waals surface area contributed by atoms with E-state index in [9.17, 15) is 4.39 Å². The van der Waals surface area contributed by atoms with Crippen molar-refractivity contribution in [2.24, 2.45) is 5.73 Å². The Morgan fingerprint density at radius 2 is 2.00 bits per heavy atom. The summed E-state index contributed by atoms with van der Waals surface area (Å²) in [6.07, 6.45) is 0. The van der Waals surface area contributed by atoms with Gasteiger partial charge in [0.05, 0.1) is 4.47 Å². The van der Waals surface area contributed by atoms with Crippen LogP contribution in [-0.4, -0.2) is 5.84 Å². The van der Waals surface area contributed by atoms with E-state index in [-0.39, 0.29) is 18.3 Å². The summed E-state index contributed by atoms with van der Waals surface area (Å²) in [4.78, 5) is 0. The van der Waals surface area contributed by atoms with E-state index >= 15 is 0 Å². The summed E-state index contributed by atoms with van der Waals surface area (Å²) >= 11 is 3.10. The average molecular weight is 323 g/mol. The van der Waals surface area contributed by atoms with Crippen LogP contribution in [0.3, 0.4) is 0 Å². The SMILES string of the molecule is N=C(N)c1ccccc1COc1ccc(F)c(Br)c1. The Hall–Kier alpha value is -1.88. The van der Waals surface area contributed by atoms with Crippen molar-refractivity contribution in [2.45, 2.75) is 6.61 Å². The number of ether oxygens (including phenoxy) is 1. The molecule has 0 radical (unpaired) electrons. The normalized spacial score (nSPS) is 10.2. The van der Waals surface area contributed by atoms with Gasteiger partial charge in [0, 0.05) is 11.1 Å². The van der Waals surface area contributed by atoms with Gasteiger partial charge in [0.1, 0.15) is 24.0 Å². The molecule has 0 aliphatic rings. The molecule has 2 aromatic rings. The van der Waals surface area contributed by atoms with Crippen molar-refractivity contribution in [3.8, 4) is 5.75 Å². The minimum Gasteiger partial charge on any atom is -0.489 e. The highest BCUT2D eigenvalue weighted by Crippen LogP contribution is 2.22. The Morgan fingerprint density at radius 3 is 2.68 bits per heavy atom. The zero-order valence-electron chi connectivity index (χ0n) is 9.99. The first kappa shape index (κ1) is 13.5. The highest BCUT2D eigenvalue weighted by atomic mass is 79.9. The van der Waals surface area contributed by atoms with E-state index in [1.165, 1.54) is 6.07 Å². The molecule has 2 rings (SSSR count). The number of hydrogen-bond acceptors (Lipinski definition) is 2. The number of nitrogen functional groups attached to an aromatic ring is 1. The highest BCUT2D eigenvalue weighted by molar-refractivity contribution is 9.10. The molecule has 0 saturated carbocycles. The summed E-state index contributed by atoms with van der Waals surface area (Å²) in [6.45, 7) is 0.272. The molecule has 19 heavy (non-hydrogen) atoms. The van der Waals surface area contributed by atoms with E-state index in [2.05, 4.69) is 15.9 Å². The molecule has 0 amide bonds. The van der Waals surface area contributed by atoms with Crippen LogP contribution >= 0.6 is 15.9 Å². The number of benzene rings is 2. The van der Waals surface area contributed by atoms with Gasteiger partial charge >= 0.3 is 0 Å². The van der Waals surface area contributed by atoms with E-state index in [0.29, 0.717) is 15.8 Å². The molecule has 3 N–H and O–H groups in total. The highest BCUT2D eigenvalue weighted by Gasteiger charge is 2.06. The lowest BCUT2D eigenvalue weighted by Gasteiger charge is -2.10. The van der Waals surface area contributed by atoms with Crippen LogP contribution in [0.1, 0.15) is 11.1 Å². The van der Waals surface area contributed by atoms with Crippen molar-refractivity contribution in [3.05, 3.63) is 63.9 Å².